The summed E-state index contributed by atoms with van der Waals surface area (Å²) in [4.78, 5) is 27.9. The molecule has 0 spiro atoms. The van der Waals surface area contributed by atoms with Gasteiger partial charge in [-0.1, -0.05) is 22.0 Å². The number of hydrogen-bond acceptors (Lipinski definition) is 4. The van der Waals surface area contributed by atoms with Crippen molar-refractivity contribution in [3.8, 4) is 0 Å². The molecule has 0 unspecified atom stereocenters. The number of carbonyl (C=O) groups is 1. The Morgan fingerprint density at radius 3 is 2.88 bits per heavy atom. The Balaban J connectivity index is 2.19. The minimum Gasteiger partial charge on any atom is -0.358 e. The molecule has 1 amide bonds. The fourth-order valence-electron chi connectivity index (χ4n) is 2.27. The summed E-state index contributed by atoms with van der Waals surface area (Å²) in [6.45, 7) is 5.34. The van der Waals surface area contributed by atoms with Gasteiger partial charge in [-0.05, 0) is 28.1 Å². The third-order valence-electron chi connectivity index (χ3n) is 3.53. The van der Waals surface area contributed by atoms with Gasteiger partial charge >= 0.3 is 5.82 Å². The highest BCUT2D eigenvalue weighted by Crippen LogP contribution is 2.18. The molecule has 0 aliphatic rings. The Morgan fingerprint density at radius 2 is 2.28 bits per heavy atom. The van der Waals surface area contributed by atoms with Gasteiger partial charge in [0.15, 0.2) is 0 Å². The topological polar surface area (TPSA) is 81.3 Å². The minimum absolute atomic E-state index is 0.0615. The number of nitro groups is 1. The number of aromatic nitrogens is 2. The maximum atomic E-state index is 13.9. The van der Waals surface area contributed by atoms with Crippen LogP contribution in [0.4, 0.5) is 10.2 Å². The molecule has 0 aliphatic carbocycles. The number of halogens is 2. The first kappa shape index (κ1) is 18.8. The van der Waals surface area contributed by atoms with E-state index in [1.807, 2.05) is 0 Å². The van der Waals surface area contributed by atoms with E-state index in [1.54, 1.807) is 19.1 Å². The molecule has 132 valence electrons. The first-order valence-electron chi connectivity index (χ1n) is 7.32. The summed E-state index contributed by atoms with van der Waals surface area (Å²) >= 11 is 3.28. The molecular weight excluding hydrogens is 395 g/mol. The van der Waals surface area contributed by atoms with Crippen LogP contribution in [0.5, 0.6) is 0 Å². The van der Waals surface area contributed by atoms with Gasteiger partial charge in [-0.25, -0.2) is 4.39 Å². The van der Waals surface area contributed by atoms with Crippen molar-refractivity contribution in [2.45, 2.75) is 20.0 Å². The summed E-state index contributed by atoms with van der Waals surface area (Å²) < 4.78 is 16.0. The van der Waals surface area contributed by atoms with Crippen LogP contribution in [0.2, 0.25) is 0 Å². The molecule has 1 heterocycles. The fraction of sp³-hybridized carbons (Fsp3) is 0.250. The van der Waals surface area contributed by atoms with Crippen LogP contribution < -0.4 is 0 Å². The van der Waals surface area contributed by atoms with Crippen molar-refractivity contribution in [1.82, 2.24) is 14.5 Å². The second-order valence-corrected chi connectivity index (χ2v) is 6.25. The van der Waals surface area contributed by atoms with E-state index >= 15 is 0 Å². The molecule has 0 saturated heterocycles. The Hall–Kier alpha value is -2.55. The molecule has 1 aromatic heterocycles. The van der Waals surface area contributed by atoms with E-state index in [1.165, 1.54) is 27.8 Å². The van der Waals surface area contributed by atoms with Crippen molar-refractivity contribution >= 4 is 27.7 Å². The zero-order valence-corrected chi connectivity index (χ0v) is 15.1. The number of imidazole rings is 1. The van der Waals surface area contributed by atoms with Gasteiger partial charge in [-0.3, -0.25) is 9.36 Å². The van der Waals surface area contributed by atoms with Crippen LogP contribution >= 0.6 is 15.9 Å². The van der Waals surface area contributed by atoms with Crippen LogP contribution in [-0.4, -0.2) is 31.8 Å². The third-order valence-corrected chi connectivity index (χ3v) is 4.02. The number of benzene rings is 1. The molecular formula is C16H16BrFN4O3. The number of carbonyl (C=O) groups excluding carboxylic acids is 1. The lowest BCUT2D eigenvalue weighted by molar-refractivity contribution is -0.389. The summed E-state index contributed by atoms with van der Waals surface area (Å²) in [5.74, 6) is -0.708. The van der Waals surface area contributed by atoms with Crippen molar-refractivity contribution in [1.29, 1.82) is 0 Å². The van der Waals surface area contributed by atoms with Crippen LogP contribution in [-0.2, 0) is 17.9 Å². The lowest BCUT2D eigenvalue weighted by atomic mass is 10.2. The summed E-state index contributed by atoms with van der Waals surface area (Å²) in [5.41, 5.74) is 0.359. The van der Waals surface area contributed by atoms with E-state index in [-0.39, 0.29) is 31.4 Å². The normalized spacial score (nSPS) is 10.5. The molecule has 0 aliphatic heterocycles. The van der Waals surface area contributed by atoms with Crippen molar-refractivity contribution < 1.29 is 14.1 Å². The molecule has 25 heavy (non-hydrogen) atoms. The highest BCUT2D eigenvalue weighted by Gasteiger charge is 2.20. The van der Waals surface area contributed by atoms with E-state index in [0.717, 1.165) is 0 Å². The maximum absolute atomic E-state index is 13.9. The fourth-order valence-corrected chi connectivity index (χ4v) is 2.67. The van der Waals surface area contributed by atoms with Crippen LogP contribution in [0.25, 0.3) is 0 Å². The van der Waals surface area contributed by atoms with Crippen LogP contribution in [0.3, 0.4) is 0 Å². The molecule has 7 nitrogen and oxygen atoms in total. The smallest absolute Gasteiger partial charge is 0.358 e. The third kappa shape index (κ3) is 4.72. The molecule has 0 radical (unpaired) electrons. The largest absolute Gasteiger partial charge is 0.381 e. The predicted molar refractivity (Wildman–Crippen MR) is 93.3 cm³/mol. The molecule has 0 fully saturated rings. The molecule has 1 aromatic carbocycles. The molecule has 0 atom stereocenters. The van der Waals surface area contributed by atoms with Crippen molar-refractivity contribution in [2.24, 2.45) is 0 Å². The van der Waals surface area contributed by atoms with Gasteiger partial charge in [0.05, 0.1) is 0 Å². The van der Waals surface area contributed by atoms with Gasteiger partial charge in [0.1, 0.15) is 18.6 Å². The monoisotopic (exact) mass is 410 g/mol. The Bertz CT molecular complexity index is 822. The summed E-state index contributed by atoms with van der Waals surface area (Å²) in [7, 11) is 0. The maximum Gasteiger partial charge on any atom is 0.381 e. The van der Waals surface area contributed by atoms with Crippen LogP contribution in [0, 0.1) is 22.9 Å². The Morgan fingerprint density at radius 1 is 1.56 bits per heavy atom. The van der Waals surface area contributed by atoms with Crippen molar-refractivity contribution in [2.75, 3.05) is 6.54 Å². The second kappa shape index (κ2) is 8.02. The number of nitrogens with zero attached hydrogens (tertiary/aromatic N) is 4. The zero-order chi connectivity index (χ0) is 18.6. The van der Waals surface area contributed by atoms with Gasteiger partial charge in [-0.15, -0.1) is 6.58 Å². The first-order chi connectivity index (χ1) is 11.8. The molecule has 0 bridgehead atoms. The van der Waals surface area contributed by atoms with Crippen molar-refractivity contribution in [3.63, 3.8) is 0 Å². The minimum atomic E-state index is -0.619. The van der Waals surface area contributed by atoms with E-state index in [9.17, 15) is 19.3 Å². The van der Waals surface area contributed by atoms with Gasteiger partial charge < -0.3 is 15.0 Å². The number of hydrogen-bond donors (Lipinski definition) is 0. The van der Waals surface area contributed by atoms with Gasteiger partial charge in [0.2, 0.25) is 11.7 Å². The van der Waals surface area contributed by atoms with Crippen molar-refractivity contribution in [3.05, 3.63) is 68.8 Å². The van der Waals surface area contributed by atoms with Gasteiger partial charge in [-0.2, -0.15) is 0 Å². The molecule has 2 rings (SSSR count). The number of rotatable bonds is 7. The molecule has 0 N–H and O–H groups in total. The Labute approximate surface area is 152 Å². The first-order valence-corrected chi connectivity index (χ1v) is 8.12. The number of aryl methyl sites for hydroxylation is 1. The lowest BCUT2D eigenvalue weighted by Crippen LogP contribution is -2.34. The Kier molecular flexibility index (Phi) is 6.02. The summed E-state index contributed by atoms with van der Waals surface area (Å²) in [5, 5.41) is 10.8. The zero-order valence-electron chi connectivity index (χ0n) is 13.5. The van der Waals surface area contributed by atoms with E-state index < -0.39 is 10.7 Å². The van der Waals surface area contributed by atoms with Gasteiger partial charge in [0.25, 0.3) is 0 Å². The van der Waals surface area contributed by atoms with Crippen LogP contribution in [0.1, 0.15) is 11.4 Å². The van der Waals surface area contributed by atoms with E-state index in [4.69, 9.17) is 0 Å². The highest BCUT2D eigenvalue weighted by atomic mass is 79.9. The van der Waals surface area contributed by atoms with Gasteiger partial charge in [0, 0.05) is 30.0 Å². The second-order valence-electron chi connectivity index (χ2n) is 5.33. The highest BCUT2D eigenvalue weighted by molar-refractivity contribution is 9.10. The molecule has 0 saturated carbocycles. The average molecular weight is 411 g/mol. The number of amides is 1. The summed E-state index contributed by atoms with van der Waals surface area (Å²) in [6, 6.07) is 4.50. The molecule has 9 heteroatoms. The van der Waals surface area contributed by atoms with E-state index in [2.05, 4.69) is 27.5 Å². The quantitative estimate of drug-likeness (QED) is 0.398. The summed E-state index contributed by atoms with van der Waals surface area (Å²) in [6.07, 6.45) is 2.75. The predicted octanol–water partition coefficient (Wildman–Crippen LogP) is 3.22. The molecule has 2 aromatic rings. The SMILES string of the molecule is C=CCN(Cc1cc(Br)ccc1F)C(=O)Cn1cc([N+](=O)[O-])nc1C. The average Bonchev–Trinajstić information content (AvgIpc) is 2.91. The standard InChI is InChI=1S/C16H16BrFN4O3/c1-3-6-20(8-12-7-13(17)4-5-14(12)18)16(23)10-21-9-15(22(24)25)19-11(21)2/h3-5,7,9H,1,6,8,10H2,2H3. The van der Waals surface area contributed by atoms with E-state index in [0.29, 0.717) is 15.9 Å². The van der Waals surface area contributed by atoms with Crippen LogP contribution in [0.15, 0.2) is 41.5 Å². The lowest BCUT2D eigenvalue weighted by Gasteiger charge is -2.22.